The molecule has 0 bridgehead atoms. The zero-order valence-corrected chi connectivity index (χ0v) is 9.94. The van der Waals surface area contributed by atoms with Crippen LogP contribution >= 0.6 is 0 Å². The van der Waals surface area contributed by atoms with Gasteiger partial charge in [-0.1, -0.05) is 12.1 Å². The molecule has 1 aromatic carbocycles. The molecule has 0 aromatic heterocycles. The standard InChI is InChI=1S/C14H19FO2/c15-12-6-4-11(5-7-12)14(16)9-8-13-3-1-2-10-17-13/h4-7,13-14,16H,1-3,8-10H2. The number of halogens is 1. The van der Waals surface area contributed by atoms with Gasteiger partial charge in [0.05, 0.1) is 12.2 Å². The minimum Gasteiger partial charge on any atom is -0.388 e. The Hall–Kier alpha value is -0.930. The first kappa shape index (κ1) is 12.5. The first-order valence-electron chi connectivity index (χ1n) is 6.31. The molecule has 0 spiro atoms. The maximum atomic E-state index is 12.7. The van der Waals surface area contributed by atoms with Crippen LogP contribution in [0.1, 0.15) is 43.8 Å². The highest BCUT2D eigenvalue weighted by molar-refractivity contribution is 5.18. The van der Waals surface area contributed by atoms with Gasteiger partial charge in [0.2, 0.25) is 0 Å². The van der Waals surface area contributed by atoms with Crippen molar-refractivity contribution in [3.8, 4) is 0 Å². The third-order valence-electron chi connectivity index (χ3n) is 3.29. The van der Waals surface area contributed by atoms with Crippen LogP contribution in [0.3, 0.4) is 0 Å². The van der Waals surface area contributed by atoms with Gasteiger partial charge in [-0.05, 0) is 49.8 Å². The molecule has 1 fully saturated rings. The lowest BCUT2D eigenvalue weighted by Gasteiger charge is -2.23. The van der Waals surface area contributed by atoms with Crippen LogP contribution in [0, 0.1) is 5.82 Å². The van der Waals surface area contributed by atoms with Crippen molar-refractivity contribution in [2.75, 3.05) is 6.61 Å². The van der Waals surface area contributed by atoms with Crippen molar-refractivity contribution in [3.63, 3.8) is 0 Å². The van der Waals surface area contributed by atoms with Gasteiger partial charge in [0.25, 0.3) is 0 Å². The Balaban J connectivity index is 1.80. The van der Waals surface area contributed by atoms with E-state index in [9.17, 15) is 9.50 Å². The lowest BCUT2D eigenvalue weighted by molar-refractivity contribution is 0.00212. The Morgan fingerprint density at radius 1 is 1.29 bits per heavy atom. The Labute approximate surface area is 101 Å². The summed E-state index contributed by atoms with van der Waals surface area (Å²) in [6, 6.07) is 6.05. The van der Waals surface area contributed by atoms with Gasteiger partial charge in [-0.3, -0.25) is 0 Å². The van der Waals surface area contributed by atoms with Crippen LogP contribution < -0.4 is 0 Å². The summed E-state index contributed by atoms with van der Waals surface area (Å²) in [5, 5.41) is 9.96. The zero-order chi connectivity index (χ0) is 12.1. The largest absolute Gasteiger partial charge is 0.388 e. The van der Waals surface area contributed by atoms with Crippen LogP contribution in [0.15, 0.2) is 24.3 Å². The summed E-state index contributed by atoms with van der Waals surface area (Å²) in [5.74, 6) is -0.267. The fourth-order valence-corrected chi connectivity index (χ4v) is 2.23. The van der Waals surface area contributed by atoms with E-state index in [1.165, 1.54) is 18.6 Å². The summed E-state index contributed by atoms with van der Waals surface area (Å²) in [6.07, 6.45) is 4.79. The number of aliphatic hydroxyl groups is 1. The maximum Gasteiger partial charge on any atom is 0.123 e. The average molecular weight is 238 g/mol. The Morgan fingerprint density at radius 3 is 2.71 bits per heavy atom. The first-order chi connectivity index (χ1) is 8.25. The van der Waals surface area contributed by atoms with Gasteiger partial charge in [0.15, 0.2) is 0 Å². The number of hydrogen-bond donors (Lipinski definition) is 1. The lowest BCUT2D eigenvalue weighted by atomic mass is 9.99. The Bertz CT molecular complexity index is 331. The molecule has 2 nitrogen and oxygen atoms in total. The van der Waals surface area contributed by atoms with E-state index in [1.807, 2.05) is 0 Å². The van der Waals surface area contributed by atoms with Crippen LogP contribution in [-0.4, -0.2) is 17.8 Å². The van der Waals surface area contributed by atoms with Gasteiger partial charge < -0.3 is 9.84 Å². The SMILES string of the molecule is OC(CCC1CCCCO1)c1ccc(F)cc1. The number of hydrogen-bond acceptors (Lipinski definition) is 2. The van der Waals surface area contributed by atoms with E-state index in [-0.39, 0.29) is 5.82 Å². The Morgan fingerprint density at radius 2 is 2.06 bits per heavy atom. The van der Waals surface area contributed by atoms with E-state index in [1.54, 1.807) is 12.1 Å². The first-order valence-corrected chi connectivity index (χ1v) is 6.31. The van der Waals surface area contributed by atoms with E-state index in [2.05, 4.69) is 0 Å². The van der Waals surface area contributed by atoms with Crippen LogP contribution in [0.4, 0.5) is 4.39 Å². The highest BCUT2D eigenvalue weighted by atomic mass is 19.1. The van der Waals surface area contributed by atoms with Crippen LogP contribution in [0.25, 0.3) is 0 Å². The van der Waals surface area contributed by atoms with Crippen LogP contribution in [-0.2, 0) is 4.74 Å². The molecule has 2 rings (SSSR count). The van der Waals surface area contributed by atoms with Crippen LogP contribution in [0.5, 0.6) is 0 Å². The van der Waals surface area contributed by atoms with Crippen molar-refractivity contribution in [3.05, 3.63) is 35.6 Å². The predicted molar refractivity (Wildman–Crippen MR) is 64.2 cm³/mol. The summed E-state index contributed by atoms with van der Waals surface area (Å²) < 4.78 is 18.3. The van der Waals surface area contributed by atoms with Crippen molar-refractivity contribution in [1.82, 2.24) is 0 Å². The van der Waals surface area contributed by atoms with Crippen molar-refractivity contribution in [2.24, 2.45) is 0 Å². The molecular formula is C14H19FO2. The van der Waals surface area contributed by atoms with Gasteiger partial charge in [0, 0.05) is 6.61 Å². The van der Waals surface area contributed by atoms with Crippen molar-refractivity contribution < 1.29 is 14.2 Å². The summed E-state index contributed by atoms with van der Waals surface area (Å²) in [6.45, 7) is 0.845. The second kappa shape index (κ2) is 6.12. The fourth-order valence-electron chi connectivity index (χ4n) is 2.23. The number of ether oxygens (including phenoxy) is 1. The van der Waals surface area contributed by atoms with Crippen molar-refractivity contribution in [2.45, 2.75) is 44.3 Å². The van der Waals surface area contributed by atoms with Gasteiger partial charge in [-0.25, -0.2) is 4.39 Å². The summed E-state index contributed by atoms with van der Waals surface area (Å²) in [4.78, 5) is 0. The molecule has 1 heterocycles. The van der Waals surface area contributed by atoms with E-state index >= 15 is 0 Å². The fraction of sp³-hybridized carbons (Fsp3) is 0.571. The molecule has 1 aliphatic heterocycles. The predicted octanol–water partition coefficient (Wildman–Crippen LogP) is 3.21. The summed E-state index contributed by atoms with van der Waals surface area (Å²) in [5.41, 5.74) is 0.780. The number of benzene rings is 1. The van der Waals surface area contributed by atoms with Gasteiger partial charge in [0.1, 0.15) is 5.82 Å². The molecular weight excluding hydrogens is 219 g/mol. The molecule has 1 aromatic rings. The molecule has 2 unspecified atom stereocenters. The highest BCUT2D eigenvalue weighted by Crippen LogP contribution is 2.23. The van der Waals surface area contributed by atoms with E-state index in [0.717, 1.165) is 31.4 Å². The lowest BCUT2D eigenvalue weighted by Crippen LogP contribution is -2.19. The van der Waals surface area contributed by atoms with E-state index < -0.39 is 6.10 Å². The monoisotopic (exact) mass is 238 g/mol. The zero-order valence-electron chi connectivity index (χ0n) is 9.94. The van der Waals surface area contributed by atoms with Gasteiger partial charge >= 0.3 is 0 Å². The molecule has 94 valence electrons. The second-order valence-electron chi connectivity index (χ2n) is 4.63. The third kappa shape index (κ3) is 3.79. The van der Waals surface area contributed by atoms with Crippen molar-refractivity contribution in [1.29, 1.82) is 0 Å². The molecule has 0 aliphatic carbocycles. The molecule has 3 heteroatoms. The Kier molecular flexibility index (Phi) is 4.51. The van der Waals surface area contributed by atoms with Crippen LogP contribution in [0.2, 0.25) is 0 Å². The molecule has 1 saturated heterocycles. The van der Waals surface area contributed by atoms with Crippen molar-refractivity contribution >= 4 is 0 Å². The normalized spacial score (nSPS) is 22.4. The van der Waals surface area contributed by atoms with E-state index in [4.69, 9.17) is 4.74 Å². The maximum absolute atomic E-state index is 12.7. The number of aliphatic hydroxyl groups excluding tert-OH is 1. The number of rotatable bonds is 4. The molecule has 0 saturated carbocycles. The summed E-state index contributed by atoms with van der Waals surface area (Å²) >= 11 is 0. The molecule has 0 amide bonds. The topological polar surface area (TPSA) is 29.5 Å². The molecule has 1 aliphatic rings. The molecule has 2 atom stereocenters. The third-order valence-corrected chi connectivity index (χ3v) is 3.29. The molecule has 1 N–H and O–H groups in total. The average Bonchev–Trinajstić information content (AvgIpc) is 2.38. The van der Waals surface area contributed by atoms with Gasteiger partial charge in [-0.15, -0.1) is 0 Å². The van der Waals surface area contributed by atoms with E-state index in [0.29, 0.717) is 12.5 Å². The quantitative estimate of drug-likeness (QED) is 0.872. The second-order valence-corrected chi connectivity index (χ2v) is 4.63. The summed E-state index contributed by atoms with van der Waals surface area (Å²) in [7, 11) is 0. The smallest absolute Gasteiger partial charge is 0.123 e. The molecule has 17 heavy (non-hydrogen) atoms. The minimum absolute atomic E-state index is 0.267. The minimum atomic E-state index is -0.513. The highest BCUT2D eigenvalue weighted by Gasteiger charge is 2.16. The molecule has 0 radical (unpaired) electrons. The van der Waals surface area contributed by atoms with Gasteiger partial charge in [-0.2, -0.15) is 0 Å².